The maximum absolute atomic E-state index is 10.8. The number of rotatable bonds is 2. The minimum atomic E-state index is -0.0747. The lowest BCUT2D eigenvalue weighted by Gasteiger charge is -2.19. The molecule has 0 fully saturated rings. The van der Waals surface area contributed by atoms with Crippen molar-refractivity contribution in [2.75, 3.05) is 0 Å². The first-order valence-corrected chi connectivity index (χ1v) is 5.52. The lowest BCUT2D eigenvalue weighted by atomic mass is 9.84. The standard InChI is InChI=1S/C14H22O/c1-7-11(2)10-13(14(4,5)6)9-8-12(3)15/h10-11H,7H2,1-6H3. The van der Waals surface area contributed by atoms with Crippen LogP contribution >= 0.6 is 0 Å². The van der Waals surface area contributed by atoms with Gasteiger partial charge in [-0.1, -0.05) is 53.0 Å². The monoisotopic (exact) mass is 206 g/mol. The van der Waals surface area contributed by atoms with Gasteiger partial charge in [0.2, 0.25) is 5.78 Å². The number of Topliss-reactive ketones (excluding diaryl/α,β-unsaturated/α-hetero) is 1. The highest BCUT2D eigenvalue weighted by molar-refractivity contribution is 5.93. The van der Waals surface area contributed by atoms with Gasteiger partial charge in [0.05, 0.1) is 0 Å². The molecule has 1 heteroatoms. The van der Waals surface area contributed by atoms with E-state index in [-0.39, 0.29) is 11.2 Å². The van der Waals surface area contributed by atoms with E-state index in [9.17, 15) is 4.79 Å². The first-order valence-electron chi connectivity index (χ1n) is 5.52. The summed E-state index contributed by atoms with van der Waals surface area (Å²) in [4.78, 5) is 10.8. The molecule has 0 aliphatic heterocycles. The van der Waals surface area contributed by atoms with Crippen molar-refractivity contribution in [3.05, 3.63) is 11.6 Å². The summed E-state index contributed by atoms with van der Waals surface area (Å²) in [5, 5.41) is 0. The molecule has 0 aromatic rings. The summed E-state index contributed by atoms with van der Waals surface area (Å²) < 4.78 is 0. The second-order valence-corrected chi connectivity index (χ2v) is 5.02. The third kappa shape index (κ3) is 6.12. The molecular formula is C14H22O. The van der Waals surface area contributed by atoms with Gasteiger partial charge in [0, 0.05) is 12.5 Å². The molecule has 15 heavy (non-hydrogen) atoms. The fraction of sp³-hybridized carbons (Fsp3) is 0.643. The second kappa shape index (κ2) is 5.75. The molecule has 0 N–H and O–H groups in total. The van der Waals surface area contributed by atoms with E-state index in [0.717, 1.165) is 12.0 Å². The van der Waals surface area contributed by atoms with Crippen molar-refractivity contribution in [3.63, 3.8) is 0 Å². The summed E-state index contributed by atoms with van der Waals surface area (Å²) in [6.45, 7) is 12.2. The normalized spacial score (nSPS) is 14.1. The Hall–Kier alpha value is -1.03. The number of carbonyl (C=O) groups is 1. The number of carbonyl (C=O) groups excluding carboxylic acids is 1. The molecule has 0 aliphatic rings. The van der Waals surface area contributed by atoms with Gasteiger partial charge >= 0.3 is 0 Å². The van der Waals surface area contributed by atoms with E-state index in [2.05, 4.69) is 52.5 Å². The van der Waals surface area contributed by atoms with Gasteiger partial charge in [-0.25, -0.2) is 0 Å². The Balaban J connectivity index is 5.02. The van der Waals surface area contributed by atoms with Crippen LogP contribution in [0.3, 0.4) is 0 Å². The maximum atomic E-state index is 10.8. The van der Waals surface area contributed by atoms with Gasteiger partial charge in [-0.15, -0.1) is 0 Å². The van der Waals surface area contributed by atoms with Gasteiger partial charge in [0.25, 0.3) is 0 Å². The van der Waals surface area contributed by atoms with E-state index >= 15 is 0 Å². The van der Waals surface area contributed by atoms with Crippen molar-refractivity contribution in [2.45, 2.75) is 48.0 Å². The van der Waals surface area contributed by atoms with Gasteiger partial charge in [0.15, 0.2) is 0 Å². The highest BCUT2D eigenvalue weighted by Gasteiger charge is 2.15. The minimum Gasteiger partial charge on any atom is -0.285 e. The molecule has 0 saturated heterocycles. The van der Waals surface area contributed by atoms with Crippen LogP contribution in [0, 0.1) is 23.2 Å². The fourth-order valence-corrected chi connectivity index (χ4v) is 1.04. The average Bonchev–Trinajstić information content (AvgIpc) is 2.09. The Kier molecular flexibility index (Phi) is 5.36. The second-order valence-electron chi connectivity index (χ2n) is 5.02. The molecule has 0 aromatic carbocycles. The van der Waals surface area contributed by atoms with Gasteiger partial charge in [-0.2, -0.15) is 0 Å². The largest absolute Gasteiger partial charge is 0.285 e. The molecule has 1 nitrogen and oxygen atoms in total. The molecule has 0 amide bonds. The molecule has 1 unspecified atom stereocenters. The Bertz CT molecular complexity index is 304. The molecule has 0 bridgehead atoms. The fourth-order valence-electron chi connectivity index (χ4n) is 1.04. The number of ketones is 1. The van der Waals surface area contributed by atoms with E-state index in [0.29, 0.717) is 5.92 Å². The zero-order valence-electron chi connectivity index (χ0n) is 10.8. The van der Waals surface area contributed by atoms with Crippen molar-refractivity contribution in [1.82, 2.24) is 0 Å². The zero-order valence-corrected chi connectivity index (χ0v) is 10.8. The first-order chi connectivity index (χ1) is 6.77. The summed E-state index contributed by atoms with van der Waals surface area (Å²) in [6.07, 6.45) is 3.28. The van der Waals surface area contributed by atoms with Crippen LogP contribution in [0.1, 0.15) is 48.0 Å². The third-order valence-electron chi connectivity index (χ3n) is 2.28. The van der Waals surface area contributed by atoms with Crippen molar-refractivity contribution in [2.24, 2.45) is 11.3 Å². The van der Waals surface area contributed by atoms with Crippen LogP contribution in [0.5, 0.6) is 0 Å². The topological polar surface area (TPSA) is 17.1 Å². The van der Waals surface area contributed by atoms with Gasteiger partial charge < -0.3 is 0 Å². The SMILES string of the molecule is CCC(C)C=C(C#CC(C)=O)C(C)(C)C. The summed E-state index contributed by atoms with van der Waals surface area (Å²) in [5.74, 6) is 6.05. The smallest absolute Gasteiger partial charge is 0.202 e. The van der Waals surface area contributed by atoms with Crippen LogP contribution in [-0.2, 0) is 4.79 Å². The lowest BCUT2D eigenvalue weighted by Crippen LogP contribution is -2.09. The van der Waals surface area contributed by atoms with Crippen molar-refractivity contribution < 1.29 is 4.79 Å². The van der Waals surface area contributed by atoms with Crippen molar-refractivity contribution >= 4 is 5.78 Å². The van der Waals surface area contributed by atoms with Gasteiger partial charge in [0.1, 0.15) is 0 Å². The molecule has 84 valence electrons. The quantitative estimate of drug-likeness (QED) is 0.498. The van der Waals surface area contributed by atoms with Crippen molar-refractivity contribution in [1.29, 1.82) is 0 Å². The summed E-state index contributed by atoms with van der Waals surface area (Å²) in [6, 6.07) is 0. The zero-order chi connectivity index (χ0) is 12.1. The van der Waals surface area contributed by atoms with Crippen LogP contribution in [0.2, 0.25) is 0 Å². The van der Waals surface area contributed by atoms with Crippen LogP contribution < -0.4 is 0 Å². The highest BCUT2D eigenvalue weighted by atomic mass is 16.1. The average molecular weight is 206 g/mol. The van der Waals surface area contributed by atoms with E-state index in [1.54, 1.807) is 0 Å². The maximum Gasteiger partial charge on any atom is 0.202 e. The summed E-state index contributed by atoms with van der Waals surface area (Å²) in [7, 11) is 0. The summed E-state index contributed by atoms with van der Waals surface area (Å²) in [5.41, 5.74) is 1.08. The molecule has 0 saturated carbocycles. The molecule has 0 radical (unpaired) electrons. The van der Waals surface area contributed by atoms with E-state index in [1.165, 1.54) is 6.92 Å². The van der Waals surface area contributed by atoms with Crippen LogP contribution in [0.4, 0.5) is 0 Å². The molecular weight excluding hydrogens is 184 g/mol. The van der Waals surface area contributed by atoms with E-state index < -0.39 is 0 Å². The first kappa shape index (κ1) is 14.0. The highest BCUT2D eigenvalue weighted by Crippen LogP contribution is 2.26. The molecule has 0 spiro atoms. The third-order valence-corrected chi connectivity index (χ3v) is 2.28. The number of hydrogen-bond acceptors (Lipinski definition) is 1. The number of hydrogen-bond donors (Lipinski definition) is 0. The Morgan fingerprint density at radius 1 is 1.33 bits per heavy atom. The minimum absolute atomic E-state index is 0.0197. The Labute approximate surface area is 94.0 Å². The van der Waals surface area contributed by atoms with Crippen LogP contribution in [0.15, 0.2) is 11.6 Å². The van der Waals surface area contributed by atoms with Crippen LogP contribution in [0.25, 0.3) is 0 Å². The molecule has 0 heterocycles. The van der Waals surface area contributed by atoms with Gasteiger partial charge in [-0.05, 0) is 17.3 Å². The summed E-state index contributed by atoms with van der Waals surface area (Å²) >= 11 is 0. The Morgan fingerprint density at radius 3 is 2.20 bits per heavy atom. The molecule has 0 aliphatic carbocycles. The van der Waals surface area contributed by atoms with Crippen LogP contribution in [-0.4, -0.2) is 5.78 Å². The van der Waals surface area contributed by atoms with E-state index in [1.807, 2.05) is 0 Å². The predicted octanol–water partition coefficient (Wildman–Crippen LogP) is 3.60. The van der Waals surface area contributed by atoms with E-state index in [4.69, 9.17) is 0 Å². The molecule has 0 aromatic heterocycles. The predicted molar refractivity (Wildman–Crippen MR) is 65.5 cm³/mol. The number of allylic oxidation sites excluding steroid dienone is 2. The molecule has 0 rings (SSSR count). The lowest BCUT2D eigenvalue weighted by molar-refractivity contribution is -0.111. The molecule has 1 atom stereocenters. The van der Waals surface area contributed by atoms with Gasteiger partial charge in [-0.3, -0.25) is 4.79 Å². The van der Waals surface area contributed by atoms with Crippen molar-refractivity contribution in [3.8, 4) is 11.8 Å². The Morgan fingerprint density at radius 2 is 1.87 bits per heavy atom.